The lowest BCUT2D eigenvalue weighted by atomic mass is 10.0. The van der Waals surface area contributed by atoms with Crippen LogP contribution < -0.4 is 5.73 Å². The maximum Gasteiger partial charge on any atom is 0.472 e. The number of ether oxygens (including phenoxy) is 2. The summed E-state index contributed by atoms with van der Waals surface area (Å²) in [7, 11) is -4.27. The molecule has 2 unspecified atom stereocenters. The van der Waals surface area contributed by atoms with Crippen molar-refractivity contribution in [3.63, 3.8) is 0 Å². The van der Waals surface area contributed by atoms with Crippen molar-refractivity contribution in [2.45, 2.75) is 219 Å². The number of carbonyl (C=O) groups excluding carboxylic acids is 1. The zero-order chi connectivity index (χ0) is 37.4. The molecule has 304 valence electrons. The lowest BCUT2D eigenvalue weighted by Gasteiger charge is -2.20. The van der Waals surface area contributed by atoms with E-state index in [0.717, 1.165) is 44.9 Å². The summed E-state index contributed by atoms with van der Waals surface area (Å²) in [5.41, 5.74) is 5.36. The SMILES string of the molecule is CCCC/C=C\CCCCCCCC(=O)OC(COCCCCCCCCCCCCCCCCCCCCCCC)COP(=O)(O)OCCN. The molecule has 0 rings (SSSR count). The summed E-state index contributed by atoms with van der Waals surface area (Å²) in [6.07, 6.45) is 42.4. The zero-order valence-electron chi connectivity index (χ0n) is 33.6. The average Bonchev–Trinajstić information content (AvgIpc) is 3.12. The van der Waals surface area contributed by atoms with Gasteiger partial charge >= 0.3 is 13.8 Å². The van der Waals surface area contributed by atoms with Crippen molar-refractivity contribution < 1.29 is 32.8 Å². The number of nitrogens with two attached hydrogens (primary N) is 1. The van der Waals surface area contributed by atoms with Gasteiger partial charge in [-0.05, 0) is 32.1 Å². The topological polar surface area (TPSA) is 117 Å². The smallest absolute Gasteiger partial charge is 0.457 e. The Labute approximate surface area is 315 Å². The second-order valence-electron chi connectivity index (χ2n) is 14.6. The number of carbonyl (C=O) groups is 1. The summed E-state index contributed by atoms with van der Waals surface area (Å²) < 4.78 is 33.4. The average molecular weight is 746 g/mol. The van der Waals surface area contributed by atoms with Crippen LogP contribution in [-0.4, -0.2) is 49.9 Å². The van der Waals surface area contributed by atoms with Crippen LogP contribution in [0.2, 0.25) is 0 Å². The molecule has 2 atom stereocenters. The molecule has 0 fully saturated rings. The Morgan fingerprint density at radius 3 is 1.49 bits per heavy atom. The van der Waals surface area contributed by atoms with E-state index in [0.29, 0.717) is 13.0 Å². The van der Waals surface area contributed by atoms with Crippen molar-refractivity contribution in [2.24, 2.45) is 5.73 Å². The van der Waals surface area contributed by atoms with Crippen LogP contribution >= 0.6 is 7.82 Å². The molecule has 0 saturated heterocycles. The van der Waals surface area contributed by atoms with Gasteiger partial charge in [-0.15, -0.1) is 0 Å². The first kappa shape index (κ1) is 50.2. The third-order valence-electron chi connectivity index (χ3n) is 9.43. The van der Waals surface area contributed by atoms with Gasteiger partial charge in [0.05, 0.1) is 19.8 Å². The molecule has 0 amide bonds. The predicted molar refractivity (Wildman–Crippen MR) is 215 cm³/mol. The van der Waals surface area contributed by atoms with Crippen LogP contribution in [0.4, 0.5) is 0 Å². The van der Waals surface area contributed by atoms with Crippen LogP contribution in [0.15, 0.2) is 12.2 Å². The van der Waals surface area contributed by atoms with Crippen molar-refractivity contribution in [1.82, 2.24) is 0 Å². The van der Waals surface area contributed by atoms with E-state index in [2.05, 4.69) is 26.0 Å². The van der Waals surface area contributed by atoms with Gasteiger partial charge in [-0.2, -0.15) is 0 Å². The molecular weight excluding hydrogens is 661 g/mol. The Morgan fingerprint density at radius 1 is 0.569 bits per heavy atom. The first-order chi connectivity index (χ1) is 24.9. The summed E-state index contributed by atoms with van der Waals surface area (Å²) in [5.74, 6) is -0.337. The van der Waals surface area contributed by atoms with Crippen LogP contribution in [0, 0.1) is 0 Å². The monoisotopic (exact) mass is 746 g/mol. The van der Waals surface area contributed by atoms with Crippen LogP contribution in [0.3, 0.4) is 0 Å². The summed E-state index contributed by atoms with van der Waals surface area (Å²) in [6, 6.07) is 0. The Balaban J connectivity index is 3.91. The molecule has 0 aliphatic heterocycles. The molecule has 51 heavy (non-hydrogen) atoms. The highest BCUT2D eigenvalue weighted by molar-refractivity contribution is 7.47. The molecule has 9 heteroatoms. The van der Waals surface area contributed by atoms with Gasteiger partial charge in [0, 0.05) is 19.6 Å². The fraction of sp³-hybridized carbons (Fsp3) is 0.929. The van der Waals surface area contributed by atoms with Crippen molar-refractivity contribution in [3.05, 3.63) is 12.2 Å². The number of rotatable bonds is 42. The van der Waals surface area contributed by atoms with Crippen LogP contribution in [0.25, 0.3) is 0 Å². The summed E-state index contributed by atoms with van der Waals surface area (Å²) >= 11 is 0. The van der Waals surface area contributed by atoms with E-state index in [1.54, 1.807) is 0 Å². The fourth-order valence-corrected chi connectivity index (χ4v) is 6.98. The van der Waals surface area contributed by atoms with E-state index in [4.69, 9.17) is 24.3 Å². The van der Waals surface area contributed by atoms with Crippen molar-refractivity contribution in [1.29, 1.82) is 0 Å². The maximum atomic E-state index is 12.5. The number of esters is 1. The molecule has 0 spiro atoms. The third kappa shape index (κ3) is 40.3. The Morgan fingerprint density at radius 2 is 1.00 bits per heavy atom. The van der Waals surface area contributed by atoms with Gasteiger partial charge in [-0.3, -0.25) is 13.8 Å². The van der Waals surface area contributed by atoms with Gasteiger partial charge in [-0.25, -0.2) is 4.57 Å². The van der Waals surface area contributed by atoms with E-state index in [1.807, 2.05) is 0 Å². The number of phosphoric acid groups is 1. The summed E-state index contributed by atoms with van der Waals surface area (Å²) in [5, 5.41) is 0. The van der Waals surface area contributed by atoms with Gasteiger partial charge in [-0.1, -0.05) is 187 Å². The van der Waals surface area contributed by atoms with Crippen LogP contribution in [0.5, 0.6) is 0 Å². The lowest BCUT2D eigenvalue weighted by Crippen LogP contribution is -2.28. The van der Waals surface area contributed by atoms with Gasteiger partial charge in [0.25, 0.3) is 0 Å². The zero-order valence-corrected chi connectivity index (χ0v) is 34.5. The summed E-state index contributed by atoms with van der Waals surface area (Å²) in [6.45, 7) is 4.91. The van der Waals surface area contributed by atoms with Crippen molar-refractivity contribution in [2.75, 3.05) is 33.0 Å². The quantitative estimate of drug-likeness (QED) is 0.0274. The molecular formula is C42H84NO7P. The normalized spacial score (nSPS) is 13.6. The van der Waals surface area contributed by atoms with Gasteiger partial charge in [0.1, 0.15) is 6.10 Å². The predicted octanol–water partition coefficient (Wildman–Crippen LogP) is 12.7. The number of phosphoric ester groups is 1. The number of allylic oxidation sites excluding steroid dienone is 2. The standard InChI is InChI=1S/C42H84NO7P/c1-3-5-7-9-11-13-15-16-17-18-19-20-21-22-23-24-26-28-30-32-34-37-47-39-41(40-49-51(45,46)48-38-36-43)50-42(44)35-33-31-29-27-25-14-12-10-8-6-4-2/h10,12,41H,3-9,11,13-40,43H2,1-2H3,(H,45,46)/b12-10-. The highest BCUT2D eigenvalue weighted by Crippen LogP contribution is 2.43. The number of hydrogen-bond acceptors (Lipinski definition) is 7. The Bertz CT molecular complexity index is 797. The van der Waals surface area contributed by atoms with Gasteiger partial charge < -0.3 is 20.1 Å². The Hall–Kier alpha value is -0.760. The van der Waals surface area contributed by atoms with Crippen molar-refractivity contribution >= 4 is 13.8 Å². The minimum absolute atomic E-state index is 0.0939. The molecule has 0 heterocycles. The molecule has 0 aromatic rings. The van der Waals surface area contributed by atoms with E-state index < -0.39 is 13.9 Å². The van der Waals surface area contributed by atoms with E-state index in [9.17, 15) is 14.3 Å². The van der Waals surface area contributed by atoms with E-state index in [1.165, 1.54) is 148 Å². The fourth-order valence-electron chi connectivity index (χ4n) is 6.21. The minimum atomic E-state index is -4.27. The first-order valence-electron chi connectivity index (χ1n) is 21.7. The molecule has 0 aliphatic rings. The molecule has 0 aromatic heterocycles. The Kier molecular flexibility index (Phi) is 39.8. The molecule has 0 bridgehead atoms. The largest absolute Gasteiger partial charge is 0.472 e. The minimum Gasteiger partial charge on any atom is -0.457 e. The molecule has 0 aromatic carbocycles. The molecule has 0 saturated carbocycles. The van der Waals surface area contributed by atoms with E-state index in [-0.39, 0.29) is 32.3 Å². The number of hydrogen-bond donors (Lipinski definition) is 2. The third-order valence-corrected chi connectivity index (χ3v) is 10.4. The van der Waals surface area contributed by atoms with E-state index >= 15 is 0 Å². The second-order valence-corrected chi connectivity index (χ2v) is 16.0. The lowest BCUT2D eigenvalue weighted by molar-refractivity contribution is -0.154. The first-order valence-corrected chi connectivity index (χ1v) is 23.2. The second kappa shape index (κ2) is 40.4. The summed E-state index contributed by atoms with van der Waals surface area (Å²) in [4.78, 5) is 22.4. The molecule has 0 radical (unpaired) electrons. The van der Waals surface area contributed by atoms with Gasteiger partial charge in [0.2, 0.25) is 0 Å². The molecule has 3 N–H and O–H groups in total. The van der Waals surface area contributed by atoms with Crippen molar-refractivity contribution in [3.8, 4) is 0 Å². The van der Waals surface area contributed by atoms with Crippen LogP contribution in [0.1, 0.15) is 213 Å². The molecule has 0 aliphatic carbocycles. The highest BCUT2D eigenvalue weighted by Gasteiger charge is 2.25. The number of unbranched alkanes of at least 4 members (excludes halogenated alkanes) is 27. The van der Waals surface area contributed by atoms with Crippen LogP contribution in [-0.2, 0) is 27.9 Å². The maximum absolute atomic E-state index is 12.5. The molecule has 8 nitrogen and oxygen atoms in total. The highest BCUT2D eigenvalue weighted by atomic mass is 31.2. The van der Waals surface area contributed by atoms with Gasteiger partial charge in [0.15, 0.2) is 0 Å².